The fourth-order valence-electron chi connectivity index (χ4n) is 2.79. The molecule has 3 N–H and O–H groups in total. The Morgan fingerprint density at radius 3 is 2.68 bits per heavy atom. The number of anilines is 2. The van der Waals surface area contributed by atoms with Crippen LogP contribution < -0.4 is 16.0 Å². The maximum absolute atomic E-state index is 12.4. The standard InChI is InChI=1S/C17H21N5O2.ClH/c1-12(23)19-13-4-2-5-14(10-13)20-17(24)16-7-9-22(21-16)15-6-3-8-18-11-15;/h2,4-5,7,9-10,15,18H,3,6,8,11H2,1H3,(H,19,23)(H,20,24);1H. The summed E-state index contributed by atoms with van der Waals surface area (Å²) in [5.41, 5.74) is 1.63. The van der Waals surface area contributed by atoms with Gasteiger partial charge in [0, 0.05) is 31.0 Å². The van der Waals surface area contributed by atoms with Gasteiger partial charge in [-0.2, -0.15) is 5.10 Å². The van der Waals surface area contributed by atoms with Crippen molar-refractivity contribution in [3.05, 3.63) is 42.2 Å². The molecule has 25 heavy (non-hydrogen) atoms. The van der Waals surface area contributed by atoms with Gasteiger partial charge >= 0.3 is 0 Å². The van der Waals surface area contributed by atoms with E-state index < -0.39 is 0 Å². The molecule has 1 aliphatic rings. The van der Waals surface area contributed by atoms with Crippen molar-refractivity contribution >= 4 is 35.6 Å². The van der Waals surface area contributed by atoms with E-state index in [0.717, 1.165) is 25.9 Å². The first-order valence-corrected chi connectivity index (χ1v) is 8.07. The SMILES string of the molecule is CC(=O)Nc1cccc(NC(=O)c2ccn(C3CCCNC3)n2)c1.Cl. The van der Waals surface area contributed by atoms with Crippen LogP contribution in [0, 0.1) is 0 Å². The van der Waals surface area contributed by atoms with E-state index in [4.69, 9.17) is 0 Å². The lowest BCUT2D eigenvalue weighted by molar-refractivity contribution is -0.114. The Morgan fingerprint density at radius 2 is 2.00 bits per heavy atom. The molecular weight excluding hydrogens is 342 g/mol. The summed E-state index contributed by atoms with van der Waals surface area (Å²) in [5.74, 6) is -0.421. The number of hydrogen-bond acceptors (Lipinski definition) is 4. The van der Waals surface area contributed by atoms with Gasteiger partial charge in [-0.1, -0.05) is 6.07 Å². The van der Waals surface area contributed by atoms with E-state index in [1.807, 2.05) is 10.9 Å². The second kappa shape index (κ2) is 8.64. The Balaban J connectivity index is 0.00000225. The highest BCUT2D eigenvalue weighted by atomic mass is 35.5. The van der Waals surface area contributed by atoms with Crippen LogP contribution in [0.2, 0.25) is 0 Å². The van der Waals surface area contributed by atoms with Crippen molar-refractivity contribution < 1.29 is 9.59 Å². The van der Waals surface area contributed by atoms with Crippen molar-refractivity contribution in [1.82, 2.24) is 15.1 Å². The van der Waals surface area contributed by atoms with Crippen molar-refractivity contribution in [1.29, 1.82) is 0 Å². The molecule has 8 heteroatoms. The third kappa shape index (κ3) is 5.04. The Hall–Kier alpha value is -2.38. The normalized spacial score (nSPS) is 16.6. The topological polar surface area (TPSA) is 88.0 Å². The maximum atomic E-state index is 12.4. The fourth-order valence-corrected chi connectivity index (χ4v) is 2.79. The molecule has 0 radical (unpaired) electrons. The molecule has 2 aromatic rings. The second-order valence-electron chi connectivity index (χ2n) is 5.90. The first kappa shape index (κ1) is 19.0. The van der Waals surface area contributed by atoms with Crippen LogP contribution >= 0.6 is 12.4 Å². The van der Waals surface area contributed by atoms with E-state index in [0.29, 0.717) is 23.1 Å². The summed E-state index contributed by atoms with van der Waals surface area (Å²) in [4.78, 5) is 23.5. The van der Waals surface area contributed by atoms with Crippen LogP contribution in [0.3, 0.4) is 0 Å². The Labute approximate surface area is 152 Å². The summed E-state index contributed by atoms with van der Waals surface area (Å²) in [6, 6.07) is 9.03. The summed E-state index contributed by atoms with van der Waals surface area (Å²) < 4.78 is 1.86. The van der Waals surface area contributed by atoms with Crippen LogP contribution in [0.15, 0.2) is 36.5 Å². The molecular formula is C17H22ClN5O2. The lowest BCUT2D eigenvalue weighted by Gasteiger charge is -2.22. The number of aromatic nitrogens is 2. The Kier molecular flexibility index (Phi) is 6.55. The minimum Gasteiger partial charge on any atom is -0.326 e. The highest BCUT2D eigenvalue weighted by Gasteiger charge is 2.17. The van der Waals surface area contributed by atoms with Gasteiger partial charge in [-0.25, -0.2) is 0 Å². The molecule has 0 spiro atoms. The third-order valence-corrected chi connectivity index (χ3v) is 3.93. The summed E-state index contributed by atoms with van der Waals surface area (Å²) in [6.07, 6.45) is 4.02. The van der Waals surface area contributed by atoms with Crippen molar-refractivity contribution in [3.8, 4) is 0 Å². The number of carbonyl (C=O) groups is 2. The first-order valence-electron chi connectivity index (χ1n) is 8.07. The molecule has 134 valence electrons. The van der Waals surface area contributed by atoms with Crippen LogP contribution in [0.1, 0.15) is 36.3 Å². The molecule has 1 saturated heterocycles. The van der Waals surface area contributed by atoms with Crippen LogP contribution in [0.25, 0.3) is 0 Å². The third-order valence-electron chi connectivity index (χ3n) is 3.93. The van der Waals surface area contributed by atoms with Crippen molar-refractivity contribution in [2.24, 2.45) is 0 Å². The number of rotatable bonds is 4. The molecule has 7 nitrogen and oxygen atoms in total. The van der Waals surface area contributed by atoms with Crippen LogP contribution in [-0.4, -0.2) is 34.7 Å². The van der Waals surface area contributed by atoms with E-state index in [9.17, 15) is 9.59 Å². The van der Waals surface area contributed by atoms with Gasteiger partial charge in [0.1, 0.15) is 0 Å². The fraction of sp³-hybridized carbons (Fsp3) is 0.353. The number of nitrogens with one attached hydrogen (secondary N) is 3. The van der Waals surface area contributed by atoms with Crippen LogP contribution in [-0.2, 0) is 4.79 Å². The quantitative estimate of drug-likeness (QED) is 0.778. The minimum atomic E-state index is -0.266. The Morgan fingerprint density at radius 1 is 1.24 bits per heavy atom. The monoisotopic (exact) mass is 363 g/mol. The second-order valence-corrected chi connectivity index (χ2v) is 5.90. The number of piperidine rings is 1. The highest BCUT2D eigenvalue weighted by molar-refractivity contribution is 6.03. The van der Waals surface area contributed by atoms with E-state index in [1.54, 1.807) is 30.3 Å². The lowest BCUT2D eigenvalue weighted by atomic mass is 10.1. The van der Waals surface area contributed by atoms with Crippen molar-refractivity contribution in [2.75, 3.05) is 23.7 Å². The van der Waals surface area contributed by atoms with Gasteiger partial charge in [-0.05, 0) is 43.7 Å². The predicted molar refractivity (Wildman–Crippen MR) is 99.3 cm³/mol. The molecule has 2 amide bonds. The highest BCUT2D eigenvalue weighted by Crippen LogP contribution is 2.18. The van der Waals surface area contributed by atoms with Gasteiger partial charge in [0.2, 0.25) is 5.91 Å². The predicted octanol–water partition coefficient (Wildman–Crippen LogP) is 2.44. The van der Waals surface area contributed by atoms with E-state index >= 15 is 0 Å². The number of nitrogens with zero attached hydrogens (tertiary/aromatic N) is 2. The van der Waals surface area contributed by atoms with Gasteiger partial charge in [0.15, 0.2) is 5.69 Å². The lowest BCUT2D eigenvalue weighted by Crippen LogP contribution is -2.32. The Bertz CT molecular complexity index is 740. The number of benzene rings is 1. The van der Waals surface area contributed by atoms with Crippen LogP contribution in [0.5, 0.6) is 0 Å². The van der Waals surface area contributed by atoms with Crippen molar-refractivity contribution in [3.63, 3.8) is 0 Å². The van der Waals surface area contributed by atoms with Gasteiger partial charge in [-0.3, -0.25) is 14.3 Å². The zero-order chi connectivity index (χ0) is 16.9. The zero-order valence-electron chi connectivity index (χ0n) is 14.0. The molecule has 0 aliphatic carbocycles. The van der Waals surface area contributed by atoms with E-state index in [2.05, 4.69) is 21.0 Å². The molecule has 1 unspecified atom stereocenters. The molecule has 0 bridgehead atoms. The number of halogens is 1. The van der Waals surface area contributed by atoms with Crippen LogP contribution in [0.4, 0.5) is 11.4 Å². The first-order chi connectivity index (χ1) is 11.6. The molecule has 0 saturated carbocycles. The number of hydrogen-bond donors (Lipinski definition) is 3. The summed E-state index contributed by atoms with van der Waals surface area (Å²) in [7, 11) is 0. The molecule has 2 heterocycles. The maximum Gasteiger partial charge on any atom is 0.276 e. The smallest absolute Gasteiger partial charge is 0.276 e. The van der Waals surface area contributed by atoms with Gasteiger partial charge in [-0.15, -0.1) is 12.4 Å². The summed E-state index contributed by atoms with van der Waals surface area (Å²) >= 11 is 0. The van der Waals surface area contributed by atoms with E-state index in [-0.39, 0.29) is 24.2 Å². The van der Waals surface area contributed by atoms with Gasteiger partial charge in [0.05, 0.1) is 6.04 Å². The average molecular weight is 364 g/mol. The zero-order valence-corrected chi connectivity index (χ0v) is 14.8. The molecule has 1 aliphatic heterocycles. The molecule has 1 fully saturated rings. The van der Waals surface area contributed by atoms with Crippen molar-refractivity contribution in [2.45, 2.75) is 25.8 Å². The summed E-state index contributed by atoms with van der Waals surface area (Å²) in [6.45, 7) is 3.36. The average Bonchev–Trinajstić information content (AvgIpc) is 3.05. The molecule has 1 aromatic carbocycles. The van der Waals surface area contributed by atoms with Gasteiger partial charge < -0.3 is 16.0 Å². The largest absolute Gasteiger partial charge is 0.326 e. The molecule has 3 rings (SSSR count). The number of amides is 2. The molecule has 1 aromatic heterocycles. The van der Waals surface area contributed by atoms with E-state index in [1.165, 1.54) is 6.92 Å². The number of carbonyl (C=O) groups excluding carboxylic acids is 2. The summed E-state index contributed by atoms with van der Waals surface area (Å²) in [5, 5.41) is 13.2. The molecule has 1 atom stereocenters. The van der Waals surface area contributed by atoms with Gasteiger partial charge in [0.25, 0.3) is 5.91 Å². The minimum absolute atomic E-state index is 0.